The van der Waals surface area contributed by atoms with Crippen molar-refractivity contribution in [3.63, 3.8) is 0 Å². The van der Waals surface area contributed by atoms with Gasteiger partial charge in [0.1, 0.15) is 0 Å². The molecule has 2 aromatic rings. The van der Waals surface area contributed by atoms with Crippen LogP contribution in [0, 0.1) is 5.92 Å². The van der Waals surface area contributed by atoms with Crippen molar-refractivity contribution in [3.05, 3.63) is 66.2 Å². The molecule has 27 heavy (non-hydrogen) atoms. The van der Waals surface area contributed by atoms with E-state index < -0.39 is 18.3 Å². The zero-order chi connectivity index (χ0) is 19.7. The Hall–Kier alpha value is -2.63. The Balaban J connectivity index is 2.21. The second-order valence-corrected chi connectivity index (χ2v) is 7.69. The molecule has 6 heteroatoms. The molecule has 1 heterocycles. The molecule has 0 radical (unpaired) electrons. The van der Waals surface area contributed by atoms with E-state index in [0.29, 0.717) is 11.9 Å². The summed E-state index contributed by atoms with van der Waals surface area (Å²) in [5.41, 5.74) is 0.198. The van der Waals surface area contributed by atoms with Gasteiger partial charge in [-0.3, -0.25) is 9.69 Å². The molecule has 1 fully saturated rings. The summed E-state index contributed by atoms with van der Waals surface area (Å²) in [7, 11) is 3.63. The molecule has 0 N–H and O–H groups in total. The van der Waals surface area contributed by atoms with Crippen LogP contribution in [0.25, 0.3) is 0 Å². The minimum absolute atomic E-state index is 0.162. The average Bonchev–Trinajstić information content (AvgIpc) is 2.85. The fraction of sp³-hybridized carbons (Fsp3) is 0.333. The predicted octanol–water partition coefficient (Wildman–Crippen LogP) is 2.60. The van der Waals surface area contributed by atoms with Crippen LogP contribution in [0.2, 0.25) is 0 Å². The lowest BCUT2D eigenvalue weighted by atomic mass is 9.64. The minimum atomic E-state index is -3.18. The van der Waals surface area contributed by atoms with Gasteiger partial charge >= 0.3 is 12.7 Å². The van der Waals surface area contributed by atoms with Crippen LogP contribution in [0.5, 0.6) is 0 Å². The van der Waals surface area contributed by atoms with Crippen LogP contribution in [0.15, 0.2) is 60.7 Å². The van der Waals surface area contributed by atoms with Gasteiger partial charge in [0.15, 0.2) is 11.9 Å². The fourth-order valence-corrected chi connectivity index (χ4v) is 3.87. The third-order valence-corrected chi connectivity index (χ3v) is 5.27. The van der Waals surface area contributed by atoms with Crippen molar-refractivity contribution in [1.82, 2.24) is 4.90 Å². The summed E-state index contributed by atoms with van der Waals surface area (Å²) >= 11 is 0. The first kappa shape index (κ1) is 19.1. The standard InChI is InChI=1S/C21H26BFN2O2/c1-17(2)21(15-18-11-7-5-8-12-18)20(26)27-22(23,25(21)16-24(3)4)19-13-9-6-10-14-19/h5-14,16-17H,15H2,1-4H3/b25-16-/t21-,22-/m0/s1. The van der Waals surface area contributed by atoms with E-state index in [4.69, 9.17) is 4.65 Å². The maximum absolute atomic E-state index is 16.4. The molecule has 0 amide bonds. The van der Waals surface area contributed by atoms with Crippen LogP contribution in [0.4, 0.5) is 4.32 Å². The number of carbonyl (C=O) groups excluding carboxylic acids is 1. The van der Waals surface area contributed by atoms with E-state index in [0.717, 1.165) is 5.56 Å². The number of hydrogen-bond donors (Lipinski definition) is 0. The highest BCUT2D eigenvalue weighted by Gasteiger charge is 2.63. The summed E-state index contributed by atoms with van der Waals surface area (Å²) in [6.45, 7) is 0.696. The maximum Gasteiger partial charge on any atom is 0.568 e. The average molecular weight is 368 g/mol. The van der Waals surface area contributed by atoms with Gasteiger partial charge in [-0.25, -0.2) is 0 Å². The Morgan fingerprint density at radius 1 is 1.11 bits per heavy atom. The van der Waals surface area contributed by atoms with Crippen molar-refractivity contribution in [2.45, 2.75) is 25.8 Å². The highest BCUT2D eigenvalue weighted by molar-refractivity contribution is 6.76. The van der Waals surface area contributed by atoms with Gasteiger partial charge in [0.05, 0.1) is 14.1 Å². The van der Waals surface area contributed by atoms with Gasteiger partial charge in [0.2, 0.25) is 0 Å². The Morgan fingerprint density at radius 3 is 2.19 bits per heavy atom. The topological polar surface area (TPSA) is 32.6 Å². The van der Waals surface area contributed by atoms with E-state index >= 15 is 4.32 Å². The second kappa shape index (κ2) is 7.18. The highest BCUT2D eigenvalue weighted by atomic mass is 19.1. The number of halogens is 1. The molecule has 3 rings (SSSR count). The molecule has 2 atom stereocenters. The summed E-state index contributed by atoms with van der Waals surface area (Å²) in [5.74, 6) is -0.685. The zero-order valence-corrected chi connectivity index (χ0v) is 16.3. The van der Waals surface area contributed by atoms with Gasteiger partial charge in [-0.05, 0) is 5.56 Å². The fourth-order valence-electron chi connectivity index (χ4n) is 3.87. The van der Waals surface area contributed by atoms with Gasteiger partial charge in [-0.1, -0.05) is 80.0 Å². The lowest BCUT2D eigenvalue weighted by Gasteiger charge is -2.36. The van der Waals surface area contributed by atoms with Crippen LogP contribution < -0.4 is 5.46 Å². The molecule has 0 aromatic heterocycles. The molecule has 4 nitrogen and oxygen atoms in total. The van der Waals surface area contributed by atoms with Crippen molar-refractivity contribution in [2.24, 2.45) is 5.92 Å². The molecule has 0 unspecified atom stereocenters. The molecule has 1 saturated heterocycles. The summed E-state index contributed by atoms with van der Waals surface area (Å²) in [6.07, 6.45) is 2.02. The highest BCUT2D eigenvalue weighted by Crippen LogP contribution is 2.38. The second-order valence-electron chi connectivity index (χ2n) is 7.69. The van der Waals surface area contributed by atoms with Crippen molar-refractivity contribution in [1.29, 1.82) is 0 Å². The van der Waals surface area contributed by atoms with Gasteiger partial charge in [0, 0.05) is 12.3 Å². The normalized spacial score (nSPS) is 26.4. The van der Waals surface area contributed by atoms with Crippen molar-refractivity contribution >= 4 is 24.5 Å². The van der Waals surface area contributed by atoms with E-state index in [9.17, 15) is 4.79 Å². The SMILES string of the molecule is CC(C)[C@@]1(Cc2ccccc2)C(=O)O[B@-](F)(c2ccccc2)/[N+]1=C\N(C)C. The molecule has 0 bridgehead atoms. The molecule has 0 aliphatic carbocycles. The van der Waals surface area contributed by atoms with E-state index in [2.05, 4.69) is 0 Å². The van der Waals surface area contributed by atoms with Gasteiger partial charge in [-0.15, -0.1) is 0 Å². The lowest BCUT2D eigenvalue weighted by molar-refractivity contribution is -0.490. The van der Waals surface area contributed by atoms with Crippen LogP contribution in [-0.2, 0) is 15.9 Å². The monoisotopic (exact) mass is 368 g/mol. The molecule has 1 aliphatic heterocycles. The number of benzene rings is 2. The molecular formula is C21H26BFN2O2. The first-order valence-electron chi connectivity index (χ1n) is 9.27. The van der Waals surface area contributed by atoms with Crippen molar-refractivity contribution < 1.29 is 18.3 Å². The molecule has 142 valence electrons. The predicted molar refractivity (Wildman–Crippen MR) is 107 cm³/mol. The Kier molecular flexibility index (Phi) is 5.09. The summed E-state index contributed by atoms with van der Waals surface area (Å²) < 4.78 is 23.4. The Morgan fingerprint density at radius 2 is 1.67 bits per heavy atom. The summed E-state index contributed by atoms with van der Waals surface area (Å²) in [5, 5.41) is 0. The lowest BCUT2D eigenvalue weighted by Crippen LogP contribution is -2.61. The van der Waals surface area contributed by atoms with Crippen molar-refractivity contribution in [2.75, 3.05) is 14.1 Å². The maximum atomic E-state index is 16.4. The van der Waals surface area contributed by atoms with Crippen LogP contribution in [0.1, 0.15) is 19.4 Å². The van der Waals surface area contributed by atoms with Crippen LogP contribution >= 0.6 is 0 Å². The van der Waals surface area contributed by atoms with E-state index in [1.54, 1.807) is 35.5 Å². The first-order valence-corrected chi connectivity index (χ1v) is 9.27. The molecule has 2 aromatic carbocycles. The van der Waals surface area contributed by atoms with Gasteiger partial charge in [-0.2, -0.15) is 0 Å². The number of carbonyl (C=O) groups is 1. The number of hydrogen-bond acceptors (Lipinski definition) is 2. The summed E-state index contributed by atoms with van der Waals surface area (Å²) in [6, 6.07) is 18.4. The van der Waals surface area contributed by atoms with Crippen molar-refractivity contribution in [3.8, 4) is 0 Å². The summed E-state index contributed by atoms with van der Waals surface area (Å²) in [4.78, 5) is 14.9. The zero-order valence-electron chi connectivity index (χ0n) is 16.3. The quantitative estimate of drug-likeness (QED) is 0.601. The molecule has 0 spiro atoms. The minimum Gasteiger partial charge on any atom is -0.619 e. The smallest absolute Gasteiger partial charge is 0.568 e. The first-order chi connectivity index (χ1) is 12.8. The number of rotatable bonds is 5. The van der Waals surface area contributed by atoms with Crippen LogP contribution in [-0.4, -0.2) is 48.1 Å². The third-order valence-electron chi connectivity index (χ3n) is 5.27. The molecule has 0 saturated carbocycles. The van der Waals surface area contributed by atoms with Crippen LogP contribution in [0.3, 0.4) is 0 Å². The molecular weight excluding hydrogens is 342 g/mol. The Labute approximate surface area is 160 Å². The molecule has 1 aliphatic rings. The van der Waals surface area contributed by atoms with E-state index in [1.807, 2.05) is 64.3 Å². The Bertz CT molecular complexity index is 842. The van der Waals surface area contributed by atoms with Gasteiger partial charge in [0.25, 0.3) is 0 Å². The third kappa shape index (κ3) is 3.24. The van der Waals surface area contributed by atoms with Gasteiger partial charge < -0.3 is 13.5 Å². The van der Waals surface area contributed by atoms with E-state index in [1.165, 1.54) is 4.49 Å². The number of nitrogens with zero attached hydrogens (tertiary/aromatic N) is 2. The largest absolute Gasteiger partial charge is 0.619 e. The van der Waals surface area contributed by atoms with E-state index in [-0.39, 0.29) is 5.92 Å².